The van der Waals surface area contributed by atoms with E-state index in [2.05, 4.69) is 25.9 Å². The molecule has 0 spiro atoms. The van der Waals surface area contributed by atoms with Gasteiger partial charge in [-0.25, -0.2) is 9.98 Å². The number of carbonyl (C=O) groups is 1. The summed E-state index contributed by atoms with van der Waals surface area (Å²) in [7, 11) is 0. The Morgan fingerprint density at radius 3 is 2.57 bits per heavy atom. The van der Waals surface area contributed by atoms with E-state index >= 15 is 0 Å². The summed E-state index contributed by atoms with van der Waals surface area (Å²) in [6.07, 6.45) is 0. The van der Waals surface area contributed by atoms with Crippen molar-refractivity contribution in [1.82, 2.24) is 20.9 Å². The van der Waals surface area contributed by atoms with Crippen molar-refractivity contribution >= 4 is 47.2 Å². The van der Waals surface area contributed by atoms with Crippen LogP contribution in [-0.4, -0.2) is 48.1 Å². The maximum Gasteiger partial charge on any atom is 0.263 e. The molecule has 0 fully saturated rings. The second-order valence-corrected chi connectivity index (χ2v) is 7.18. The molecule has 0 saturated carbocycles. The number of hydrogen-bond donors (Lipinski definition) is 4. The molecule has 0 aliphatic carbocycles. The predicted molar refractivity (Wildman–Crippen MR) is 122 cm³/mol. The molecule has 0 aromatic carbocycles. The molecule has 2 heterocycles. The third-order valence-corrected chi connectivity index (χ3v) is 4.74. The van der Waals surface area contributed by atoms with Crippen LogP contribution in [-0.2, 0) is 5.60 Å². The number of aryl methyl sites for hydroxylation is 2. The minimum Gasteiger partial charge on any atom is -0.463 e. The first-order chi connectivity index (χ1) is 12.8. The number of nitrogens with one attached hydrogen (secondary N) is 3. The Bertz CT molecular complexity index is 788. The first-order valence-corrected chi connectivity index (χ1v) is 9.71. The van der Waals surface area contributed by atoms with Crippen molar-refractivity contribution in [2.45, 2.75) is 33.3 Å². The maximum atomic E-state index is 12.1. The number of carbonyl (C=O) groups excluding carboxylic acids is 1. The summed E-state index contributed by atoms with van der Waals surface area (Å²) >= 11 is 1.32. The van der Waals surface area contributed by atoms with E-state index in [1.165, 1.54) is 11.3 Å². The number of aliphatic hydroxyl groups is 1. The molecule has 0 aliphatic heterocycles. The summed E-state index contributed by atoms with van der Waals surface area (Å²) < 4.78 is 5.50. The average Bonchev–Trinajstić information content (AvgIpc) is 3.25. The minimum absolute atomic E-state index is 0. The van der Waals surface area contributed by atoms with E-state index in [0.29, 0.717) is 36.2 Å². The molecule has 1 atom stereocenters. The lowest BCUT2D eigenvalue weighted by molar-refractivity contribution is 0.0428. The Kier molecular flexibility index (Phi) is 9.90. The van der Waals surface area contributed by atoms with Crippen LogP contribution in [0, 0.1) is 13.8 Å². The normalized spacial score (nSPS) is 13.4. The fourth-order valence-electron chi connectivity index (χ4n) is 2.33. The van der Waals surface area contributed by atoms with Gasteiger partial charge in [-0.05, 0) is 39.8 Å². The highest BCUT2D eigenvalue weighted by Gasteiger charge is 2.26. The number of halogens is 1. The monoisotopic (exact) mass is 521 g/mol. The van der Waals surface area contributed by atoms with Crippen LogP contribution in [0.5, 0.6) is 0 Å². The third-order valence-electron chi connectivity index (χ3n) is 3.82. The van der Waals surface area contributed by atoms with Gasteiger partial charge in [0.2, 0.25) is 0 Å². The molecule has 1 amide bonds. The Balaban J connectivity index is 0.00000392. The zero-order valence-corrected chi connectivity index (χ0v) is 19.7. The Morgan fingerprint density at radius 1 is 1.29 bits per heavy atom. The van der Waals surface area contributed by atoms with Crippen LogP contribution in [0.2, 0.25) is 0 Å². The van der Waals surface area contributed by atoms with Gasteiger partial charge in [0.05, 0.1) is 17.7 Å². The largest absolute Gasteiger partial charge is 0.463 e. The van der Waals surface area contributed by atoms with Crippen molar-refractivity contribution in [2.75, 3.05) is 26.2 Å². The van der Waals surface area contributed by atoms with Gasteiger partial charge >= 0.3 is 0 Å². The second kappa shape index (κ2) is 11.4. The summed E-state index contributed by atoms with van der Waals surface area (Å²) in [5.74, 6) is 1.65. The molecule has 28 heavy (non-hydrogen) atoms. The van der Waals surface area contributed by atoms with Gasteiger partial charge in [0, 0.05) is 19.6 Å². The highest BCUT2D eigenvalue weighted by Crippen LogP contribution is 2.23. The first kappa shape index (κ1) is 24.4. The van der Waals surface area contributed by atoms with Crippen LogP contribution >= 0.6 is 35.3 Å². The molecule has 2 aromatic heterocycles. The number of furan rings is 1. The predicted octanol–water partition coefficient (Wildman–Crippen LogP) is 2.16. The van der Waals surface area contributed by atoms with Gasteiger partial charge in [-0.1, -0.05) is 0 Å². The van der Waals surface area contributed by atoms with Gasteiger partial charge in [-0.3, -0.25) is 4.79 Å². The highest BCUT2D eigenvalue weighted by molar-refractivity contribution is 14.0. The number of hydrogen-bond acceptors (Lipinski definition) is 6. The van der Waals surface area contributed by atoms with Crippen molar-refractivity contribution in [3.05, 3.63) is 39.7 Å². The number of rotatable bonds is 8. The Hall–Kier alpha value is -1.66. The van der Waals surface area contributed by atoms with Crippen molar-refractivity contribution in [3.63, 3.8) is 0 Å². The number of nitrogens with zero attached hydrogens (tertiary/aromatic N) is 2. The zero-order chi connectivity index (χ0) is 19.9. The molecule has 0 bridgehead atoms. The molecule has 0 aliphatic rings. The van der Waals surface area contributed by atoms with Crippen LogP contribution in [0.15, 0.2) is 27.1 Å². The number of aliphatic imine (C=N–C) groups is 1. The minimum atomic E-state index is -1.20. The lowest BCUT2D eigenvalue weighted by atomic mass is 10.0. The number of aromatic nitrogens is 1. The quantitative estimate of drug-likeness (QED) is 0.183. The van der Waals surface area contributed by atoms with E-state index in [9.17, 15) is 9.90 Å². The molecule has 1 unspecified atom stereocenters. The molecule has 156 valence electrons. The SMILES string of the molecule is CCNC(=NCC(C)(O)c1ccc(C)o1)NCCNC(=O)c1scnc1C.I. The van der Waals surface area contributed by atoms with Crippen LogP contribution in [0.3, 0.4) is 0 Å². The number of amides is 1. The topological polar surface area (TPSA) is 112 Å². The fraction of sp³-hybridized carbons (Fsp3) is 0.500. The maximum absolute atomic E-state index is 12.1. The van der Waals surface area contributed by atoms with E-state index in [1.807, 2.05) is 26.8 Å². The van der Waals surface area contributed by atoms with Crippen molar-refractivity contribution in [1.29, 1.82) is 0 Å². The van der Waals surface area contributed by atoms with Crippen LogP contribution in [0.4, 0.5) is 0 Å². The van der Waals surface area contributed by atoms with Gasteiger partial charge < -0.3 is 25.5 Å². The molecule has 0 radical (unpaired) electrons. The van der Waals surface area contributed by atoms with E-state index < -0.39 is 5.60 Å². The summed E-state index contributed by atoms with van der Waals surface area (Å²) in [5, 5.41) is 19.7. The van der Waals surface area contributed by atoms with E-state index in [0.717, 1.165) is 11.5 Å². The molecular formula is C18H28IN5O3S. The highest BCUT2D eigenvalue weighted by atomic mass is 127. The van der Waals surface area contributed by atoms with Crippen molar-refractivity contribution in [3.8, 4) is 0 Å². The molecule has 2 rings (SSSR count). The van der Waals surface area contributed by atoms with Gasteiger partial charge in [-0.15, -0.1) is 35.3 Å². The molecule has 2 aromatic rings. The Morgan fingerprint density at radius 2 is 2.00 bits per heavy atom. The smallest absolute Gasteiger partial charge is 0.263 e. The van der Waals surface area contributed by atoms with Crippen LogP contribution in [0.1, 0.15) is 40.7 Å². The summed E-state index contributed by atoms with van der Waals surface area (Å²) in [4.78, 5) is 21.2. The van der Waals surface area contributed by atoms with Gasteiger partial charge in [0.1, 0.15) is 22.0 Å². The van der Waals surface area contributed by atoms with E-state index in [-0.39, 0.29) is 36.4 Å². The first-order valence-electron chi connectivity index (χ1n) is 8.83. The second-order valence-electron chi connectivity index (χ2n) is 6.33. The molecule has 10 heteroatoms. The Labute approximate surface area is 186 Å². The summed E-state index contributed by atoms with van der Waals surface area (Å²) in [6.45, 7) is 9.02. The van der Waals surface area contributed by atoms with Gasteiger partial charge in [0.25, 0.3) is 5.91 Å². The van der Waals surface area contributed by atoms with Crippen LogP contribution < -0.4 is 16.0 Å². The molecule has 4 N–H and O–H groups in total. The van der Waals surface area contributed by atoms with Gasteiger partial charge in [-0.2, -0.15) is 0 Å². The zero-order valence-electron chi connectivity index (χ0n) is 16.5. The third kappa shape index (κ3) is 7.06. The molecule has 0 saturated heterocycles. The van der Waals surface area contributed by atoms with Crippen LogP contribution in [0.25, 0.3) is 0 Å². The fourth-order valence-corrected chi connectivity index (χ4v) is 3.05. The molecular weight excluding hydrogens is 493 g/mol. The van der Waals surface area contributed by atoms with Gasteiger partial charge in [0.15, 0.2) is 5.96 Å². The number of thiazole rings is 1. The van der Waals surface area contributed by atoms with E-state index in [4.69, 9.17) is 4.42 Å². The van der Waals surface area contributed by atoms with Crippen molar-refractivity contribution < 1.29 is 14.3 Å². The molecule has 8 nitrogen and oxygen atoms in total. The standard InChI is InChI=1S/C18H27N5O3S.HI/c1-5-19-17(22-10-18(4,25)14-7-6-12(2)26-14)21-9-8-20-16(24)15-13(3)23-11-27-15;/h6-7,11,25H,5,8-10H2,1-4H3,(H,20,24)(H2,19,21,22);1H. The summed E-state index contributed by atoms with van der Waals surface area (Å²) in [6, 6.07) is 3.56. The number of guanidine groups is 1. The average molecular weight is 521 g/mol. The lowest BCUT2D eigenvalue weighted by Crippen LogP contribution is -2.42. The van der Waals surface area contributed by atoms with E-state index in [1.54, 1.807) is 18.5 Å². The lowest BCUT2D eigenvalue weighted by Gasteiger charge is -2.19. The summed E-state index contributed by atoms with van der Waals surface area (Å²) in [5.41, 5.74) is 1.19. The van der Waals surface area contributed by atoms with Crippen molar-refractivity contribution in [2.24, 2.45) is 4.99 Å².